The maximum atomic E-state index is 11.9. The summed E-state index contributed by atoms with van der Waals surface area (Å²) in [7, 11) is 3.17. The Labute approximate surface area is 137 Å². The molecular formula is C17H16BrNO3. The number of hydrogen-bond acceptors (Lipinski definition) is 3. The monoisotopic (exact) mass is 361 g/mol. The second-order valence-electron chi connectivity index (χ2n) is 4.44. The number of halogens is 1. The number of nitrogens with one attached hydrogen (secondary N) is 1. The van der Waals surface area contributed by atoms with Crippen LogP contribution in [-0.2, 0) is 4.79 Å². The maximum Gasteiger partial charge on any atom is 0.248 e. The van der Waals surface area contributed by atoms with Crippen LogP contribution in [0.15, 0.2) is 53.0 Å². The molecule has 0 aliphatic heterocycles. The van der Waals surface area contributed by atoms with Crippen LogP contribution in [0, 0.1) is 0 Å². The molecule has 0 saturated heterocycles. The Morgan fingerprint density at radius 3 is 2.64 bits per heavy atom. The number of amides is 1. The Kier molecular flexibility index (Phi) is 5.61. The summed E-state index contributed by atoms with van der Waals surface area (Å²) in [6.07, 6.45) is 3.16. The summed E-state index contributed by atoms with van der Waals surface area (Å²) in [6.45, 7) is 0. The molecule has 0 radical (unpaired) electrons. The number of anilines is 1. The lowest BCUT2D eigenvalue weighted by Crippen LogP contribution is -2.07. The molecule has 114 valence electrons. The molecule has 2 aromatic rings. The van der Waals surface area contributed by atoms with Gasteiger partial charge < -0.3 is 14.8 Å². The Hall–Kier alpha value is -2.27. The van der Waals surface area contributed by atoms with Gasteiger partial charge in [0.1, 0.15) is 11.5 Å². The van der Waals surface area contributed by atoms with E-state index < -0.39 is 0 Å². The molecule has 5 heteroatoms. The zero-order valence-corrected chi connectivity index (χ0v) is 13.9. The molecular weight excluding hydrogens is 346 g/mol. The summed E-state index contributed by atoms with van der Waals surface area (Å²) in [5.74, 6) is 1.13. The Balaban J connectivity index is 2.09. The fourth-order valence-corrected chi connectivity index (χ4v) is 2.27. The number of rotatable bonds is 5. The van der Waals surface area contributed by atoms with Gasteiger partial charge >= 0.3 is 0 Å². The molecule has 0 fully saturated rings. The zero-order valence-electron chi connectivity index (χ0n) is 12.3. The molecule has 1 N–H and O–H groups in total. The highest BCUT2D eigenvalue weighted by Gasteiger charge is 2.03. The lowest BCUT2D eigenvalue weighted by molar-refractivity contribution is -0.111. The van der Waals surface area contributed by atoms with Crippen LogP contribution in [-0.4, -0.2) is 20.1 Å². The number of carbonyl (C=O) groups is 1. The van der Waals surface area contributed by atoms with Crippen LogP contribution < -0.4 is 14.8 Å². The minimum Gasteiger partial charge on any atom is -0.497 e. The molecule has 2 aromatic carbocycles. The van der Waals surface area contributed by atoms with Gasteiger partial charge in [-0.3, -0.25) is 4.79 Å². The van der Waals surface area contributed by atoms with Crippen molar-refractivity contribution in [2.24, 2.45) is 0 Å². The number of carbonyl (C=O) groups excluding carboxylic acids is 1. The third-order valence-corrected chi connectivity index (χ3v) is 3.44. The summed E-state index contributed by atoms with van der Waals surface area (Å²) < 4.78 is 11.3. The molecule has 0 aromatic heterocycles. The summed E-state index contributed by atoms with van der Waals surface area (Å²) in [4.78, 5) is 11.9. The van der Waals surface area contributed by atoms with Gasteiger partial charge in [0.25, 0.3) is 0 Å². The molecule has 0 spiro atoms. The molecule has 0 bridgehead atoms. The second kappa shape index (κ2) is 7.66. The van der Waals surface area contributed by atoms with E-state index in [1.54, 1.807) is 26.4 Å². The van der Waals surface area contributed by atoms with Gasteiger partial charge in [0.05, 0.1) is 14.2 Å². The van der Waals surface area contributed by atoms with Crippen molar-refractivity contribution in [1.29, 1.82) is 0 Å². The second-order valence-corrected chi connectivity index (χ2v) is 5.36. The number of ether oxygens (including phenoxy) is 2. The largest absolute Gasteiger partial charge is 0.497 e. The lowest BCUT2D eigenvalue weighted by Gasteiger charge is -2.07. The van der Waals surface area contributed by atoms with E-state index in [9.17, 15) is 4.79 Å². The first-order valence-electron chi connectivity index (χ1n) is 6.59. The molecule has 22 heavy (non-hydrogen) atoms. The van der Waals surface area contributed by atoms with Gasteiger partial charge in [0.2, 0.25) is 5.91 Å². The lowest BCUT2D eigenvalue weighted by atomic mass is 10.1. The van der Waals surface area contributed by atoms with Crippen LogP contribution in [0.25, 0.3) is 6.08 Å². The summed E-state index contributed by atoms with van der Waals surface area (Å²) >= 11 is 3.36. The van der Waals surface area contributed by atoms with Crippen molar-refractivity contribution < 1.29 is 14.3 Å². The Morgan fingerprint density at radius 1 is 1.14 bits per heavy atom. The van der Waals surface area contributed by atoms with Gasteiger partial charge in [-0.2, -0.15) is 0 Å². The van der Waals surface area contributed by atoms with Crippen LogP contribution in [0.3, 0.4) is 0 Å². The first kappa shape index (κ1) is 16.1. The predicted molar refractivity (Wildman–Crippen MR) is 91.4 cm³/mol. The van der Waals surface area contributed by atoms with Crippen LogP contribution in [0.1, 0.15) is 5.56 Å². The predicted octanol–water partition coefficient (Wildman–Crippen LogP) is 4.12. The minimum absolute atomic E-state index is 0.212. The molecule has 0 heterocycles. The van der Waals surface area contributed by atoms with Crippen molar-refractivity contribution in [3.8, 4) is 11.5 Å². The van der Waals surface area contributed by atoms with E-state index in [0.717, 1.165) is 15.7 Å². The van der Waals surface area contributed by atoms with Gasteiger partial charge in [-0.15, -0.1) is 0 Å². The van der Waals surface area contributed by atoms with Crippen LogP contribution in [0.4, 0.5) is 5.69 Å². The molecule has 0 atom stereocenters. The van der Waals surface area contributed by atoms with E-state index in [0.29, 0.717) is 11.5 Å². The van der Waals surface area contributed by atoms with Crippen molar-refractivity contribution in [3.05, 3.63) is 58.6 Å². The molecule has 0 aliphatic rings. The molecule has 0 unspecified atom stereocenters. The van der Waals surface area contributed by atoms with E-state index >= 15 is 0 Å². The molecule has 4 nitrogen and oxygen atoms in total. The fourth-order valence-electron chi connectivity index (χ4n) is 1.87. The molecule has 2 rings (SSSR count). The highest BCUT2D eigenvalue weighted by Crippen LogP contribution is 2.25. The molecule has 0 aliphatic carbocycles. The maximum absolute atomic E-state index is 11.9. The SMILES string of the molecule is COc1ccc(C=CC(=O)Nc2cccc(Br)c2)c(OC)c1. The third-order valence-electron chi connectivity index (χ3n) is 2.95. The van der Waals surface area contributed by atoms with Gasteiger partial charge in [-0.05, 0) is 36.4 Å². The van der Waals surface area contributed by atoms with Crippen LogP contribution in [0.2, 0.25) is 0 Å². The average Bonchev–Trinajstić information content (AvgIpc) is 2.52. The molecule has 0 saturated carbocycles. The Bertz CT molecular complexity index is 698. The van der Waals surface area contributed by atoms with Crippen molar-refractivity contribution in [2.45, 2.75) is 0 Å². The smallest absolute Gasteiger partial charge is 0.248 e. The van der Waals surface area contributed by atoms with Crippen molar-refractivity contribution in [2.75, 3.05) is 19.5 Å². The fraction of sp³-hybridized carbons (Fsp3) is 0.118. The summed E-state index contributed by atoms with van der Waals surface area (Å²) in [5, 5.41) is 2.79. The quantitative estimate of drug-likeness (QED) is 0.814. The number of methoxy groups -OCH3 is 2. The van der Waals surface area contributed by atoms with E-state index in [1.807, 2.05) is 36.4 Å². The Morgan fingerprint density at radius 2 is 1.95 bits per heavy atom. The molecule has 1 amide bonds. The van der Waals surface area contributed by atoms with E-state index in [4.69, 9.17) is 9.47 Å². The van der Waals surface area contributed by atoms with Crippen molar-refractivity contribution in [1.82, 2.24) is 0 Å². The van der Waals surface area contributed by atoms with Crippen LogP contribution >= 0.6 is 15.9 Å². The standard InChI is InChI=1S/C17H16BrNO3/c1-21-15-8-6-12(16(11-15)22-2)7-9-17(20)19-14-5-3-4-13(18)10-14/h3-11H,1-2H3,(H,19,20). The highest BCUT2D eigenvalue weighted by molar-refractivity contribution is 9.10. The van der Waals surface area contributed by atoms with E-state index in [1.165, 1.54) is 6.08 Å². The van der Waals surface area contributed by atoms with Gasteiger partial charge in [0.15, 0.2) is 0 Å². The van der Waals surface area contributed by atoms with E-state index in [-0.39, 0.29) is 5.91 Å². The van der Waals surface area contributed by atoms with Crippen LogP contribution in [0.5, 0.6) is 11.5 Å². The number of hydrogen-bond donors (Lipinski definition) is 1. The number of benzene rings is 2. The zero-order chi connectivity index (χ0) is 15.9. The summed E-state index contributed by atoms with van der Waals surface area (Å²) in [5.41, 5.74) is 1.53. The normalized spacial score (nSPS) is 10.5. The van der Waals surface area contributed by atoms with E-state index in [2.05, 4.69) is 21.2 Å². The van der Waals surface area contributed by atoms with Gasteiger partial charge in [0, 0.05) is 27.9 Å². The average molecular weight is 362 g/mol. The minimum atomic E-state index is -0.212. The highest BCUT2D eigenvalue weighted by atomic mass is 79.9. The van der Waals surface area contributed by atoms with Gasteiger partial charge in [-0.1, -0.05) is 22.0 Å². The topological polar surface area (TPSA) is 47.6 Å². The first-order valence-corrected chi connectivity index (χ1v) is 7.38. The van der Waals surface area contributed by atoms with Gasteiger partial charge in [-0.25, -0.2) is 0 Å². The summed E-state index contributed by atoms with van der Waals surface area (Å²) in [6, 6.07) is 12.8. The van der Waals surface area contributed by atoms with Crippen molar-refractivity contribution in [3.63, 3.8) is 0 Å². The first-order chi connectivity index (χ1) is 10.6. The van der Waals surface area contributed by atoms with Crippen molar-refractivity contribution >= 4 is 33.6 Å². The third kappa shape index (κ3) is 4.36.